The van der Waals surface area contributed by atoms with Crippen molar-refractivity contribution >= 4 is 47.8 Å². The summed E-state index contributed by atoms with van der Waals surface area (Å²) in [6.45, 7) is -0.388. The molecule has 28 heavy (non-hydrogen) atoms. The zero-order chi connectivity index (χ0) is 21.7. The molecule has 0 rings (SSSR count). The molecular formula is C15H22N2O10S. The van der Waals surface area contributed by atoms with Gasteiger partial charge in [-0.1, -0.05) is 0 Å². The standard InChI is InChI=1S/C15H22N2O10S/c16-8(14(23)24)1-3-12(20)17-9(10(19)2-4-13(21)22)6-28-11(15(25)26)5-27-7-18/h7-9,11H,1-6,16H2,(H,17,20)(H,21,22)(H,23,24)(H,25,26)/t8-,9-,11?/m0/s1. The van der Waals surface area contributed by atoms with E-state index in [1.54, 1.807) is 0 Å². The first-order valence-electron chi connectivity index (χ1n) is 8.00. The Bertz CT molecular complexity index is 597. The molecule has 0 saturated heterocycles. The van der Waals surface area contributed by atoms with E-state index in [0.29, 0.717) is 0 Å². The summed E-state index contributed by atoms with van der Waals surface area (Å²) in [5.41, 5.74) is 5.29. The van der Waals surface area contributed by atoms with Crippen molar-refractivity contribution in [3.63, 3.8) is 0 Å². The minimum absolute atomic E-state index is 0.0689. The van der Waals surface area contributed by atoms with Gasteiger partial charge in [0.15, 0.2) is 5.78 Å². The molecule has 0 aliphatic carbocycles. The highest BCUT2D eigenvalue weighted by atomic mass is 32.2. The fraction of sp³-hybridized carbons (Fsp3) is 0.600. The van der Waals surface area contributed by atoms with Gasteiger partial charge in [0.2, 0.25) is 5.91 Å². The van der Waals surface area contributed by atoms with Gasteiger partial charge in [0.25, 0.3) is 6.47 Å². The third-order valence-electron chi connectivity index (χ3n) is 3.36. The molecule has 0 heterocycles. The molecule has 6 N–H and O–H groups in total. The number of ketones is 1. The van der Waals surface area contributed by atoms with Gasteiger partial charge in [0.1, 0.15) is 17.9 Å². The average Bonchev–Trinajstić information content (AvgIpc) is 2.62. The summed E-state index contributed by atoms with van der Waals surface area (Å²) in [5.74, 6) is -5.36. The predicted octanol–water partition coefficient (Wildman–Crippen LogP) is -1.54. The third-order valence-corrected chi connectivity index (χ3v) is 4.63. The fourth-order valence-corrected chi connectivity index (χ4v) is 2.84. The van der Waals surface area contributed by atoms with Gasteiger partial charge in [-0.3, -0.25) is 28.8 Å². The zero-order valence-corrected chi connectivity index (χ0v) is 15.6. The number of ether oxygens (including phenoxy) is 1. The minimum Gasteiger partial charge on any atom is -0.481 e. The van der Waals surface area contributed by atoms with E-state index < -0.39 is 66.4 Å². The second kappa shape index (κ2) is 13.5. The van der Waals surface area contributed by atoms with E-state index in [-0.39, 0.29) is 25.1 Å². The maximum Gasteiger partial charge on any atom is 0.320 e. The Labute approximate surface area is 163 Å². The Balaban J connectivity index is 4.93. The number of hydrogen-bond donors (Lipinski definition) is 5. The van der Waals surface area contributed by atoms with Gasteiger partial charge in [0.05, 0.1) is 12.5 Å². The number of rotatable bonds is 16. The summed E-state index contributed by atoms with van der Waals surface area (Å²) in [6.07, 6.45) is -1.35. The fourth-order valence-electron chi connectivity index (χ4n) is 1.83. The van der Waals surface area contributed by atoms with Crippen LogP contribution in [0.25, 0.3) is 0 Å². The van der Waals surface area contributed by atoms with E-state index in [0.717, 1.165) is 11.8 Å². The lowest BCUT2D eigenvalue weighted by Gasteiger charge is -2.19. The summed E-state index contributed by atoms with van der Waals surface area (Å²) in [7, 11) is 0. The number of aliphatic carboxylic acids is 3. The number of amides is 1. The zero-order valence-electron chi connectivity index (χ0n) is 14.7. The summed E-state index contributed by atoms with van der Waals surface area (Å²) in [6, 6.07) is -2.46. The smallest absolute Gasteiger partial charge is 0.320 e. The van der Waals surface area contributed by atoms with Crippen LogP contribution >= 0.6 is 11.8 Å². The Morgan fingerprint density at radius 2 is 1.68 bits per heavy atom. The first kappa shape index (κ1) is 25.3. The highest BCUT2D eigenvalue weighted by molar-refractivity contribution is 8.00. The second-order valence-electron chi connectivity index (χ2n) is 5.55. The number of thioether (sulfide) groups is 1. The molecule has 0 aliphatic heterocycles. The van der Waals surface area contributed by atoms with E-state index in [2.05, 4.69) is 10.1 Å². The molecule has 12 nitrogen and oxygen atoms in total. The molecule has 0 aromatic carbocycles. The molecular weight excluding hydrogens is 400 g/mol. The molecule has 0 radical (unpaired) electrons. The number of Topliss-reactive ketones (excluding diaryl/α,β-unsaturated/α-hetero) is 1. The van der Waals surface area contributed by atoms with Crippen molar-refractivity contribution in [2.24, 2.45) is 5.73 Å². The van der Waals surface area contributed by atoms with E-state index in [1.807, 2.05) is 0 Å². The lowest BCUT2D eigenvalue weighted by Crippen LogP contribution is -2.44. The number of hydrogen-bond acceptors (Lipinski definition) is 9. The molecule has 3 atom stereocenters. The molecule has 0 spiro atoms. The lowest BCUT2D eigenvalue weighted by molar-refractivity contribution is -0.140. The Morgan fingerprint density at radius 1 is 1.04 bits per heavy atom. The van der Waals surface area contributed by atoms with E-state index in [4.69, 9.17) is 21.1 Å². The second-order valence-corrected chi connectivity index (χ2v) is 6.79. The molecule has 0 saturated carbocycles. The normalized spacial score (nSPS) is 13.6. The molecule has 0 fully saturated rings. The molecule has 13 heteroatoms. The van der Waals surface area contributed by atoms with Crippen molar-refractivity contribution in [1.29, 1.82) is 0 Å². The first-order chi connectivity index (χ1) is 13.1. The van der Waals surface area contributed by atoms with Crippen molar-refractivity contribution in [3.8, 4) is 0 Å². The number of nitrogens with two attached hydrogens (primary N) is 1. The van der Waals surface area contributed by atoms with Crippen molar-refractivity contribution in [1.82, 2.24) is 5.32 Å². The van der Waals surface area contributed by atoms with Crippen LogP contribution in [0.5, 0.6) is 0 Å². The Hall–Kier alpha value is -2.67. The number of nitrogens with one attached hydrogen (secondary N) is 1. The van der Waals surface area contributed by atoms with Crippen LogP contribution in [0.3, 0.4) is 0 Å². The SMILES string of the molecule is N[C@@H](CCC(=O)N[C@@H](CSC(COC=O)C(=O)O)C(=O)CCC(=O)O)C(=O)O. The van der Waals surface area contributed by atoms with Crippen LogP contribution in [-0.2, 0) is 33.5 Å². The maximum atomic E-state index is 12.2. The van der Waals surface area contributed by atoms with Crippen LogP contribution in [0.4, 0.5) is 0 Å². The predicted molar refractivity (Wildman–Crippen MR) is 94.6 cm³/mol. The van der Waals surface area contributed by atoms with Crippen LogP contribution in [0, 0.1) is 0 Å². The first-order valence-corrected chi connectivity index (χ1v) is 9.05. The van der Waals surface area contributed by atoms with Crippen molar-refractivity contribution in [2.45, 2.75) is 43.0 Å². The number of carbonyl (C=O) groups excluding carboxylic acids is 3. The maximum absolute atomic E-state index is 12.2. The minimum atomic E-state index is -1.30. The van der Waals surface area contributed by atoms with Gasteiger partial charge in [0, 0.05) is 18.6 Å². The Kier molecular flexibility index (Phi) is 12.2. The van der Waals surface area contributed by atoms with Gasteiger partial charge in [-0.05, 0) is 6.42 Å². The monoisotopic (exact) mass is 422 g/mol. The van der Waals surface area contributed by atoms with Gasteiger partial charge in [-0.25, -0.2) is 0 Å². The van der Waals surface area contributed by atoms with Crippen molar-refractivity contribution in [2.75, 3.05) is 12.4 Å². The molecule has 158 valence electrons. The molecule has 0 bridgehead atoms. The Morgan fingerprint density at radius 3 is 2.18 bits per heavy atom. The summed E-state index contributed by atoms with van der Waals surface area (Å²) < 4.78 is 4.40. The molecule has 0 aromatic heterocycles. The van der Waals surface area contributed by atoms with Crippen LogP contribution in [0.2, 0.25) is 0 Å². The summed E-state index contributed by atoms with van der Waals surface area (Å²) in [5, 5.41) is 27.6. The van der Waals surface area contributed by atoms with Gasteiger partial charge >= 0.3 is 17.9 Å². The largest absolute Gasteiger partial charge is 0.481 e. The number of carbonyl (C=O) groups is 6. The average molecular weight is 422 g/mol. The molecule has 1 unspecified atom stereocenters. The van der Waals surface area contributed by atoms with E-state index in [9.17, 15) is 28.8 Å². The lowest BCUT2D eigenvalue weighted by atomic mass is 10.1. The van der Waals surface area contributed by atoms with Crippen LogP contribution in [0.1, 0.15) is 25.7 Å². The van der Waals surface area contributed by atoms with Crippen LogP contribution in [0.15, 0.2) is 0 Å². The number of carboxylic acids is 3. The summed E-state index contributed by atoms with van der Waals surface area (Å²) >= 11 is 0.726. The van der Waals surface area contributed by atoms with Crippen molar-refractivity contribution < 1.29 is 48.8 Å². The quantitative estimate of drug-likeness (QED) is 0.179. The van der Waals surface area contributed by atoms with Gasteiger partial charge in [-0.2, -0.15) is 0 Å². The van der Waals surface area contributed by atoms with Gasteiger partial charge in [-0.15, -0.1) is 11.8 Å². The van der Waals surface area contributed by atoms with Crippen LogP contribution < -0.4 is 11.1 Å². The third kappa shape index (κ3) is 11.1. The molecule has 1 amide bonds. The summed E-state index contributed by atoms with van der Waals surface area (Å²) in [4.78, 5) is 66.7. The van der Waals surface area contributed by atoms with Crippen LogP contribution in [-0.4, -0.2) is 81.1 Å². The highest BCUT2D eigenvalue weighted by Crippen LogP contribution is 2.15. The van der Waals surface area contributed by atoms with Gasteiger partial charge < -0.3 is 31.1 Å². The van der Waals surface area contributed by atoms with E-state index in [1.165, 1.54) is 0 Å². The topological polar surface area (TPSA) is 210 Å². The van der Waals surface area contributed by atoms with E-state index >= 15 is 0 Å². The van der Waals surface area contributed by atoms with Crippen molar-refractivity contribution in [3.05, 3.63) is 0 Å². The molecule has 0 aromatic rings. The number of carboxylic acid groups (broad SMARTS) is 3. The molecule has 0 aliphatic rings. The highest BCUT2D eigenvalue weighted by Gasteiger charge is 2.26.